The van der Waals surface area contributed by atoms with E-state index in [1.165, 1.54) is 76.7 Å². The molecule has 0 spiro atoms. The SMILES string of the molecule is c1ccc(-c2ccc(N(c3ccc(-c4ccc5ccccc5c4)cc3)c3ccc(-c4ccccc4)c(-n4c5ccccc5c5c6ccccc6ccc54)c3)cc2)cc1. The van der Waals surface area contributed by atoms with E-state index >= 15 is 0 Å². The Bertz CT molecular complexity index is 3250. The van der Waals surface area contributed by atoms with Crippen LogP contribution in [0.2, 0.25) is 0 Å². The lowest BCUT2D eigenvalue weighted by Crippen LogP contribution is -2.11. The van der Waals surface area contributed by atoms with E-state index < -0.39 is 0 Å². The number of aromatic nitrogens is 1. The van der Waals surface area contributed by atoms with Crippen molar-refractivity contribution in [3.8, 4) is 39.1 Å². The van der Waals surface area contributed by atoms with Gasteiger partial charge in [0, 0.05) is 33.4 Å². The van der Waals surface area contributed by atoms with Crippen LogP contribution in [0.5, 0.6) is 0 Å². The van der Waals surface area contributed by atoms with Crippen molar-refractivity contribution < 1.29 is 0 Å². The second-order valence-corrected chi connectivity index (χ2v) is 15.0. The highest BCUT2D eigenvalue weighted by Gasteiger charge is 2.21. The topological polar surface area (TPSA) is 8.17 Å². The third-order valence-electron chi connectivity index (χ3n) is 11.6. The molecule has 0 aliphatic heterocycles. The standard InChI is InChI=1S/C56H38N2/c1-3-13-39(14-4-1)41-25-30-47(31-26-41)57(48-32-27-42(28-33-48)46-24-23-40-15-7-8-19-45(40)37-46)49-34-35-50(43-16-5-2-6-17-43)55(38-49)58-53-22-12-11-21-52(53)56-51-20-10-9-18-44(51)29-36-54(56)58/h1-38H. The third-order valence-corrected chi connectivity index (χ3v) is 11.6. The lowest BCUT2D eigenvalue weighted by atomic mass is 10.00. The smallest absolute Gasteiger partial charge is 0.0561 e. The Morgan fingerprint density at radius 3 is 1.53 bits per heavy atom. The zero-order chi connectivity index (χ0) is 38.4. The molecular formula is C56H38N2. The highest BCUT2D eigenvalue weighted by molar-refractivity contribution is 6.21. The number of nitrogens with zero attached hydrogens (tertiary/aromatic N) is 2. The molecule has 0 aliphatic rings. The van der Waals surface area contributed by atoms with Crippen molar-refractivity contribution in [3.63, 3.8) is 0 Å². The number of benzene rings is 10. The van der Waals surface area contributed by atoms with Crippen molar-refractivity contribution in [3.05, 3.63) is 231 Å². The number of rotatable bonds is 7. The van der Waals surface area contributed by atoms with Gasteiger partial charge in [0.2, 0.25) is 0 Å². The van der Waals surface area contributed by atoms with E-state index in [0.29, 0.717) is 0 Å². The molecule has 0 fully saturated rings. The lowest BCUT2D eigenvalue weighted by molar-refractivity contribution is 1.17. The maximum Gasteiger partial charge on any atom is 0.0561 e. The second-order valence-electron chi connectivity index (χ2n) is 15.0. The fourth-order valence-electron chi connectivity index (χ4n) is 8.76. The first-order valence-electron chi connectivity index (χ1n) is 19.9. The summed E-state index contributed by atoms with van der Waals surface area (Å²) in [7, 11) is 0. The highest BCUT2D eigenvalue weighted by atomic mass is 15.1. The maximum atomic E-state index is 2.47. The molecule has 58 heavy (non-hydrogen) atoms. The monoisotopic (exact) mass is 738 g/mol. The summed E-state index contributed by atoms with van der Waals surface area (Å²) in [5.74, 6) is 0. The predicted octanol–water partition coefficient (Wildman–Crippen LogP) is 15.6. The molecule has 0 amide bonds. The molecule has 0 radical (unpaired) electrons. The number of hydrogen-bond donors (Lipinski definition) is 0. The Hall–Kier alpha value is -7.68. The molecular weight excluding hydrogens is 701 g/mol. The van der Waals surface area contributed by atoms with Crippen LogP contribution in [0.1, 0.15) is 0 Å². The van der Waals surface area contributed by atoms with Gasteiger partial charge in [-0.15, -0.1) is 0 Å². The van der Waals surface area contributed by atoms with Crippen molar-refractivity contribution in [2.75, 3.05) is 4.90 Å². The molecule has 0 saturated heterocycles. The molecule has 272 valence electrons. The first-order chi connectivity index (χ1) is 28.8. The van der Waals surface area contributed by atoms with Crippen molar-refractivity contribution >= 4 is 60.4 Å². The number of hydrogen-bond acceptors (Lipinski definition) is 1. The van der Waals surface area contributed by atoms with Gasteiger partial charge in [-0.2, -0.15) is 0 Å². The van der Waals surface area contributed by atoms with Crippen molar-refractivity contribution in [2.24, 2.45) is 0 Å². The van der Waals surface area contributed by atoms with Gasteiger partial charge in [0.1, 0.15) is 0 Å². The number of para-hydroxylation sites is 1. The summed E-state index contributed by atoms with van der Waals surface area (Å²) < 4.78 is 2.47. The molecule has 0 saturated carbocycles. The molecule has 11 rings (SSSR count). The van der Waals surface area contributed by atoms with Crippen LogP contribution in [-0.4, -0.2) is 4.57 Å². The lowest BCUT2D eigenvalue weighted by Gasteiger charge is -2.27. The minimum absolute atomic E-state index is 1.08. The van der Waals surface area contributed by atoms with Crippen LogP contribution < -0.4 is 4.90 Å². The minimum Gasteiger partial charge on any atom is -0.310 e. The third kappa shape index (κ3) is 5.82. The van der Waals surface area contributed by atoms with Crippen molar-refractivity contribution in [1.82, 2.24) is 4.57 Å². The molecule has 0 atom stereocenters. The Labute approximate surface area is 338 Å². The van der Waals surface area contributed by atoms with E-state index in [0.717, 1.165) is 22.7 Å². The molecule has 2 nitrogen and oxygen atoms in total. The molecule has 0 N–H and O–H groups in total. The number of anilines is 3. The van der Waals surface area contributed by atoms with E-state index in [1.54, 1.807) is 0 Å². The molecule has 0 aliphatic carbocycles. The summed E-state index contributed by atoms with van der Waals surface area (Å²) in [5.41, 5.74) is 13.9. The van der Waals surface area contributed by atoms with Gasteiger partial charge in [-0.3, -0.25) is 0 Å². The first-order valence-corrected chi connectivity index (χ1v) is 19.9. The summed E-state index contributed by atoms with van der Waals surface area (Å²) >= 11 is 0. The van der Waals surface area contributed by atoms with Crippen LogP contribution in [0.15, 0.2) is 231 Å². The second kappa shape index (κ2) is 14.1. The summed E-state index contributed by atoms with van der Waals surface area (Å²) in [5, 5.41) is 7.52. The van der Waals surface area contributed by atoms with Crippen LogP contribution in [0.3, 0.4) is 0 Å². The zero-order valence-corrected chi connectivity index (χ0v) is 31.8. The normalized spacial score (nSPS) is 11.4. The molecule has 1 heterocycles. The predicted molar refractivity (Wildman–Crippen MR) is 247 cm³/mol. The van der Waals surface area contributed by atoms with Crippen LogP contribution in [0, 0.1) is 0 Å². The Kier molecular flexibility index (Phi) is 8.19. The number of fused-ring (bicyclic) bond motifs is 6. The van der Waals surface area contributed by atoms with Gasteiger partial charge in [-0.1, -0.05) is 176 Å². The fraction of sp³-hybridized carbons (Fsp3) is 0. The van der Waals surface area contributed by atoms with Crippen LogP contribution in [0.4, 0.5) is 17.1 Å². The van der Waals surface area contributed by atoms with Gasteiger partial charge in [-0.25, -0.2) is 0 Å². The Balaban J connectivity index is 1.12. The highest BCUT2D eigenvalue weighted by Crippen LogP contribution is 2.43. The van der Waals surface area contributed by atoms with Gasteiger partial charge < -0.3 is 9.47 Å². The van der Waals surface area contributed by atoms with Gasteiger partial charge in [0.15, 0.2) is 0 Å². The quantitative estimate of drug-likeness (QED) is 0.158. The van der Waals surface area contributed by atoms with E-state index in [2.05, 4.69) is 240 Å². The Morgan fingerprint density at radius 1 is 0.293 bits per heavy atom. The Morgan fingerprint density at radius 2 is 0.810 bits per heavy atom. The van der Waals surface area contributed by atoms with Crippen molar-refractivity contribution in [2.45, 2.75) is 0 Å². The van der Waals surface area contributed by atoms with Gasteiger partial charge >= 0.3 is 0 Å². The molecule has 10 aromatic carbocycles. The minimum atomic E-state index is 1.08. The molecule has 2 heteroatoms. The summed E-state index contributed by atoms with van der Waals surface area (Å²) in [6, 6.07) is 83.7. The van der Waals surface area contributed by atoms with Crippen LogP contribution in [-0.2, 0) is 0 Å². The first kappa shape index (κ1) is 33.6. The largest absolute Gasteiger partial charge is 0.310 e. The molecule has 1 aromatic heterocycles. The van der Waals surface area contributed by atoms with E-state index in [4.69, 9.17) is 0 Å². The summed E-state index contributed by atoms with van der Waals surface area (Å²) in [4.78, 5) is 2.39. The van der Waals surface area contributed by atoms with Gasteiger partial charge in [0.25, 0.3) is 0 Å². The average molecular weight is 739 g/mol. The van der Waals surface area contributed by atoms with Crippen LogP contribution in [0.25, 0.3) is 82.4 Å². The van der Waals surface area contributed by atoms with Gasteiger partial charge in [0.05, 0.1) is 16.7 Å². The zero-order valence-electron chi connectivity index (χ0n) is 31.8. The van der Waals surface area contributed by atoms with Gasteiger partial charge in [-0.05, 0) is 104 Å². The molecule has 0 unspecified atom stereocenters. The van der Waals surface area contributed by atoms with E-state index in [1.807, 2.05) is 0 Å². The van der Waals surface area contributed by atoms with E-state index in [-0.39, 0.29) is 0 Å². The average Bonchev–Trinajstić information content (AvgIpc) is 3.65. The van der Waals surface area contributed by atoms with Crippen LogP contribution >= 0.6 is 0 Å². The van der Waals surface area contributed by atoms with Crippen molar-refractivity contribution in [1.29, 1.82) is 0 Å². The summed E-state index contributed by atoms with van der Waals surface area (Å²) in [6.45, 7) is 0. The summed E-state index contributed by atoms with van der Waals surface area (Å²) in [6.07, 6.45) is 0. The fourth-order valence-corrected chi connectivity index (χ4v) is 8.76. The molecule has 11 aromatic rings. The maximum absolute atomic E-state index is 2.47. The molecule has 0 bridgehead atoms. The van der Waals surface area contributed by atoms with E-state index in [9.17, 15) is 0 Å².